The van der Waals surface area contributed by atoms with Gasteiger partial charge < -0.3 is 24.8 Å². The molecule has 0 bridgehead atoms. The smallest absolute Gasteiger partial charge is 0.392 e. The standard InChI is InChI=1S/C24H23BrN3O6P/c25-22-20-8-7-18(19-2-1-9-26-13-19)12-21(20)28(14-16-3-5-17(15-29)6-4-16)23(22)24(30)27-10-11-34-35(31,32)33/h1-9,12-13,29H,10-11,14-15H2,(H,27,30)(H2,31,32,33). The first-order valence-electron chi connectivity index (χ1n) is 10.7. The number of rotatable bonds is 9. The summed E-state index contributed by atoms with van der Waals surface area (Å²) in [6, 6.07) is 17.1. The molecule has 0 aliphatic rings. The lowest BCUT2D eigenvalue weighted by Gasteiger charge is -2.13. The van der Waals surface area contributed by atoms with Gasteiger partial charge in [0.2, 0.25) is 0 Å². The maximum atomic E-state index is 13.2. The highest BCUT2D eigenvalue weighted by molar-refractivity contribution is 9.10. The minimum absolute atomic E-state index is 0.0584. The van der Waals surface area contributed by atoms with Gasteiger partial charge in [-0.25, -0.2) is 4.57 Å². The van der Waals surface area contributed by atoms with E-state index < -0.39 is 13.7 Å². The number of phosphoric acid groups is 1. The van der Waals surface area contributed by atoms with Gasteiger partial charge in [0.1, 0.15) is 5.69 Å². The summed E-state index contributed by atoms with van der Waals surface area (Å²) in [7, 11) is -4.62. The number of amides is 1. The summed E-state index contributed by atoms with van der Waals surface area (Å²) in [6.07, 6.45) is 3.47. The molecule has 4 N–H and O–H groups in total. The van der Waals surface area contributed by atoms with Gasteiger partial charge in [0.15, 0.2) is 0 Å². The zero-order chi connectivity index (χ0) is 25.0. The number of carbonyl (C=O) groups excluding carboxylic acids is 1. The Kier molecular flexibility index (Phi) is 7.81. The molecule has 35 heavy (non-hydrogen) atoms. The zero-order valence-electron chi connectivity index (χ0n) is 18.5. The second-order valence-electron chi connectivity index (χ2n) is 7.78. The fraction of sp³-hybridized carbons (Fsp3) is 0.167. The molecule has 0 radical (unpaired) electrons. The number of aromatic nitrogens is 2. The van der Waals surface area contributed by atoms with E-state index in [2.05, 4.69) is 30.8 Å². The van der Waals surface area contributed by atoms with Gasteiger partial charge in [-0.15, -0.1) is 0 Å². The molecule has 9 nitrogen and oxygen atoms in total. The Hall–Kier alpha value is -2.85. The fourth-order valence-corrected chi connectivity index (χ4v) is 4.81. The van der Waals surface area contributed by atoms with Crippen molar-refractivity contribution in [2.24, 2.45) is 0 Å². The number of pyridine rings is 1. The Labute approximate surface area is 209 Å². The van der Waals surface area contributed by atoms with E-state index in [0.717, 1.165) is 33.2 Å². The molecule has 11 heteroatoms. The number of nitrogens with zero attached hydrogens (tertiary/aromatic N) is 2. The van der Waals surface area contributed by atoms with Crippen molar-refractivity contribution in [2.75, 3.05) is 13.2 Å². The Bertz CT molecular complexity index is 1390. The topological polar surface area (TPSA) is 134 Å². The number of phosphoric ester groups is 1. The van der Waals surface area contributed by atoms with E-state index in [9.17, 15) is 14.5 Å². The highest BCUT2D eigenvalue weighted by atomic mass is 79.9. The number of nitrogens with one attached hydrogen (secondary N) is 1. The van der Waals surface area contributed by atoms with Gasteiger partial charge in [-0.05, 0) is 44.8 Å². The number of carbonyl (C=O) groups is 1. The van der Waals surface area contributed by atoms with Crippen LogP contribution in [-0.2, 0) is 22.2 Å². The molecule has 0 unspecified atom stereocenters. The van der Waals surface area contributed by atoms with Crippen LogP contribution in [0.15, 0.2) is 71.5 Å². The van der Waals surface area contributed by atoms with E-state index >= 15 is 0 Å². The predicted octanol–water partition coefficient (Wildman–Crippen LogP) is 3.85. The molecule has 0 aliphatic carbocycles. The Balaban J connectivity index is 1.74. The second kappa shape index (κ2) is 10.8. The molecule has 1 amide bonds. The van der Waals surface area contributed by atoms with E-state index in [1.165, 1.54) is 0 Å². The van der Waals surface area contributed by atoms with Crippen molar-refractivity contribution in [3.63, 3.8) is 0 Å². The van der Waals surface area contributed by atoms with Gasteiger partial charge >= 0.3 is 7.82 Å². The fourth-order valence-electron chi connectivity index (χ4n) is 3.75. The molecule has 0 atom stereocenters. The van der Waals surface area contributed by atoms with Crippen LogP contribution in [0.4, 0.5) is 0 Å². The van der Waals surface area contributed by atoms with Gasteiger partial charge in [0.25, 0.3) is 5.91 Å². The van der Waals surface area contributed by atoms with Crippen molar-refractivity contribution in [2.45, 2.75) is 13.2 Å². The summed E-state index contributed by atoms with van der Waals surface area (Å²) in [6.45, 7) is -0.0885. The zero-order valence-corrected chi connectivity index (χ0v) is 20.9. The quantitative estimate of drug-likeness (QED) is 0.181. The highest BCUT2D eigenvalue weighted by Gasteiger charge is 2.22. The highest BCUT2D eigenvalue weighted by Crippen LogP contribution is 2.36. The van der Waals surface area contributed by atoms with E-state index in [-0.39, 0.29) is 19.8 Å². The van der Waals surface area contributed by atoms with Crippen molar-refractivity contribution >= 4 is 40.6 Å². The average Bonchev–Trinajstić information content (AvgIpc) is 3.13. The van der Waals surface area contributed by atoms with E-state index in [4.69, 9.17) is 9.79 Å². The predicted molar refractivity (Wildman–Crippen MR) is 135 cm³/mol. The molecule has 182 valence electrons. The molecule has 0 fully saturated rings. The largest absolute Gasteiger partial charge is 0.469 e. The first-order chi connectivity index (χ1) is 16.8. The minimum atomic E-state index is -4.62. The second-order valence-corrected chi connectivity index (χ2v) is 9.81. The van der Waals surface area contributed by atoms with Crippen LogP contribution >= 0.6 is 23.8 Å². The maximum absolute atomic E-state index is 13.2. The lowest BCUT2D eigenvalue weighted by molar-refractivity contribution is 0.0932. The molecular formula is C24H23BrN3O6P. The summed E-state index contributed by atoms with van der Waals surface area (Å²) in [5.74, 6) is -0.419. The first kappa shape index (κ1) is 25.2. The van der Waals surface area contributed by atoms with Crippen molar-refractivity contribution in [1.29, 1.82) is 0 Å². The number of hydrogen-bond donors (Lipinski definition) is 4. The summed E-state index contributed by atoms with van der Waals surface area (Å²) in [5.41, 5.74) is 4.78. The molecule has 2 heterocycles. The Morgan fingerprint density at radius 2 is 1.83 bits per heavy atom. The van der Waals surface area contributed by atoms with Gasteiger partial charge in [-0.1, -0.05) is 42.5 Å². The van der Waals surface area contributed by atoms with Crippen LogP contribution < -0.4 is 5.32 Å². The summed E-state index contributed by atoms with van der Waals surface area (Å²) >= 11 is 3.58. The number of fused-ring (bicyclic) bond motifs is 1. The van der Waals surface area contributed by atoms with Crippen molar-refractivity contribution in [1.82, 2.24) is 14.9 Å². The molecule has 4 rings (SSSR count). The molecule has 0 saturated heterocycles. The van der Waals surface area contributed by atoms with Crippen molar-refractivity contribution in [3.8, 4) is 11.1 Å². The third kappa shape index (κ3) is 6.05. The number of aliphatic hydroxyl groups is 1. The average molecular weight is 560 g/mol. The van der Waals surface area contributed by atoms with Crippen LogP contribution in [0.2, 0.25) is 0 Å². The molecule has 0 spiro atoms. The number of hydrogen-bond acceptors (Lipinski definition) is 5. The summed E-state index contributed by atoms with van der Waals surface area (Å²) in [4.78, 5) is 35.1. The summed E-state index contributed by atoms with van der Waals surface area (Å²) < 4.78 is 17.8. The van der Waals surface area contributed by atoms with E-state index in [1.807, 2.05) is 59.2 Å². The molecule has 0 aliphatic heterocycles. The summed E-state index contributed by atoms with van der Waals surface area (Å²) in [5, 5.41) is 12.8. The van der Waals surface area contributed by atoms with Gasteiger partial charge in [-0.2, -0.15) is 0 Å². The van der Waals surface area contributed by atoms with Crippen LogP contribution in [0.25, 0.3) is 22.0 Å². The van der Waals surface area contributed by atoms with Gasteiger partial charge in [0.05, 0.1) is 23.2 Å². The van der Waals surface area contributed by atoms with Crippen LogP contribution in [0.3, 0.4) is 0 Å². The van der Waals surface area contributed by atoms with Gasteiger partial charge in [0, 0.05) is 36.4 Å². The van der Waals surface area contributed by atoms with E-state index in [0.29, 0.717) is 16.7 Å². The molecule has 0 saturated carbocycles. The van der Waals surface area contributed by atoms with Crippen LogP contribution in [0.5, 0.6) is 0 Å². The molecule has 4 aromatic rings. The first-order valence-corrected chi connectivity index (χ1v) is 13.0. The Morgan fingerprint density at radius 1 is 1.09 bits per heavy atom. The third-order valence-electron chi connectivity index (χ3n) is 5.41. The number of aliphatic hydroxyl groups excluding tert-OH is 1. The van der Waals surface area contributed by atoms with Gasteiger partial charge in [-0.3, -0.25) is 14.3 Å². The maximum Gasteiger partial charge on any atom is 0.469 e. The SMILES string of the molecule is O=C(NCCOP(=O)(O)O)c1c(Br)c2ccc(-c3cccnc3)cc2n1Cc1ccc(CO)cc1. The lowest BCUT2D eigenvalue weighted by atomic mass is 10.1. The number of benzene rings is 2. The molecular weight excluding hydrogens is 537 g/mol. The van der Waals surface area contributed by atoms with Crippen molar-refractivity contribution < 1.29 is 28.8 Å². The van der Waals surface area contributed by atoms with Crippen molar-refractivity contribution in [3.05, 3.63) is 88.3 Å². The molecule has 2 aromatic carbocycles. The van der Waals surface area contributed by atoms with Crippen LogP contribution in [0.1, 0.15) is 21.6 Å². The Morgan fingerprint density at radius 3 is 2.49 bits per heavy atom. The minimum Gasteiger partial charge on any atom is -0.392 e. The van der Waals surface area contributed by atoms with Crippen LogP contribution in [-0.4, -0.2) is 43.5 Å². The van der Waals surface area contributed by atoms with E-state index in [1.54, 1.807) is 12.4 Å². The number of halogens is 1. The lowest BCUT2D eigenvalue weighted by Crippen LogP contribution is -2.29. The van der Waals surface area contributed by atoms with Crippen LogP contribution in [0, 0.1) is 0 Å². The molecule has 2 aromatic heterocycles. The third-order valence-corrected chi connectivity index (χ3v) is 6.73. The monoisotopic (exact) mass is 559 g/mol. The normalized spacial score (nSPS) is 11.7.